The van der Waals surface area contributed by atoms with E-state index < -0.39 is 0 Å². The average Bonchev–Trinajstić information content (AvgIpc) is 2.96. The maximum absolute atomic E-state index is 4.34. The summed E-state index contributed by atoms with van der Waals surface area (Å²) >= 11 is 0. The molecule has 0 amide bonds. The van der Waals surface area contributed by atoms with Crippen LogP contribution in [0.25, 0.3) is 0 Å². The lowest BCUT2D eigenvalue weighted by Crippen LogP contribution is -2.13. The Kier molecular flexibility index (Phi) is 3.87. The van der Waals surface area contributed by atoms with Crippen LogP contribution in [-0.4, -0.2) is 9.55 Å². The summed E-state index contributed by atoms with van der Waals surface area (Å²) in [7, 11) is 0. The molecule has 0 atom stereocenters. The molecule has 2 nitrogen and oxygen atoms in total. The minimum atomic E-state index is 0.633. The number of hydrogen-bond donors (Lipinski definition) is 0. The van der Waals surface area contributed by atoms with E-state index in [1.165, 1.54) is 37.7 Å². The number of nitrogens with zero attached hydrogens (tertiary/aromatic N) is 2. The first kappa shape index (κ1) is 13.0. The van der Waals surface area contributed by atoms with Gasteiger partial charge < -0.3 is 4.57 Å². The summed E-state index contributed by atoms with van der Waals surface area (Å²) in [5.41, 5.74) is 3.12. The summed E-state index contributed by atoms with van der Waals surface area (Å²) in [6, 6.07) is 8.87. The minimum Gasteiger partial charge on any atom is -0.338 e. The van der Waals surface area contributed by atoms with E-state index in [-0.39, 0.29) is 0 Å². The van der Waals surface area contributed by atoms with Crippen molar-refractivity contribution in [2.75, 3.05) is 0 Å². The van der Waals surface area contributed by atoms with Crippen molar-refractivity contribution in [2.24, 2.45) is 0 Å². The van der Waals surface area contributed by atoms with Crippen LogP contribution in [0, 0.1) is 18.8 Å². The maximum atomic E-state index is 4.34. The number of rotatable bonds is 1. The Labute approximate surface area is 120 Å². The Morgan fingerprint density at radius 2 is 1.95 bits per heavy atom. The zero-order valence-corrected chi connectivity index (χ0v) is 12.0. The molecule has 3 rings (SSSR count). The van der Waals surface area contributed by atoms with Crippen molar-refractivity contribution >= 4 is 0 Å². The van der Waals surface area contributed by atoms with Crippen molar-refractivity contribution in [3.05, 3.63) is 53.6 Å². The predicted molar refractivity (Wildman–Crippen MR) is 81.5 cm³/mol. The molecule has 1 aliphatic rings. The molecule has 1 saturated carbocycles. The molecule has 0 aliphatic heterocycles. The third kappa shape index (κ3) is 2.93. The Hall–Kier alpha value is -2.01. The van der Waals surface area contributed by atoms with Crippen LogP contribution < -0.4 is 0 Å². The van der Waals surface area contributed by atoms with E-state index in [2.05, 4.69) is 45.8 Å². The zero-order chi connectivity index (χ0) is 13.8. The first-order valence-electron chi connectivity index (χ1n) is 7.44. The molecule has 20 heavy (non-hydrogen) atoms. The van der Waals surface area contributed by atoms with Crippen LogP contribution >= 0.6 is 0 Å². The van der Waals surface area contributed by atoms with Crippen LogP contribution in [0.2, 0.25) is 0 Å². The molecule has 1 aliphatic carbocycles. The lowest BCUT2D eigenvalue weighted by Gasteiger charge is -2.24. The number of pyridine rings is 1. The van der Waals surface area contributed by atoms with Crippen LogP contribution in [-0.2, 0) is 0 Å². The van der Waals surface area contributed by atoms with Crippen LogP contribution in [0.1, 0.15) is 55.1 Å². The van der Waals surface area contributed by atoms with Gasteiger partial charge in [0.15, 0.2) is 0 Å². The van der Waals surface area contributed by atoms with Gasteiger partial charge in [-0.3, -0.25) is 0 Å². The topological polar surface area (TPSA) is 17.8 Å². The fraction of sp³-hybridized carbons (Fsp3) is 0.389. The minimum absolute atomic E-state index is 0.633. The lowest BCUT2D eigenvalue weighted by molar-refractivity contribution is 0.352. The first-order chi connectivity index (χ1) is 9.83. The molecule has 2 heterocycles. The Morgan fingerprint density at radius 3 is 2.70 bits per heavy atom. The molecular formula is C18H20N2. The molecule has 0 aromatic carbocycles. The highest BCUT2D eigenvalue weighted by Crippen LogP contribution is 2.29. The summed E-state index contributed by atoms with van der Waals surface area (Å²) in [6.45, 7) is 2.04. The van der Waals surface area contributed by atoms with Crippen LogP contribution in [0.4, 0.5) is 0 Å². The molecule has 0 unspecified atom stereocenters. The highest BCUT2D eigenvalue weighted by molar-refractivity contribution is 5.37. The molecule has 2 heteroatoms. The van der Waals surface area contributed by atoms with E-state index in [9.17, 15) is 0 Å². The van der Waals surface area contributed by atoms with Gasteiger partial charge in [-0.15, -0.1) is 0 Å². The fourth-order valence-electron chi connectivity index (χ4n) is 2.85. The molecule has 2 aromatic heterocycles. The van der Waals surface area contributed by atoms with Crippen molar-refractivity contribution in [3.63, 3.8) is 0 Å². The van der Waals surface area contributed by atoms with Crippen LogP contribution in [0.5, 0.6) is 0 Å². The standard InChI is InChI=1S/C18H20N2/c1-15-9-10-16(19-14-15)11-12-18-8-5-13-20(18)17-6-3-2-4-7-17/h5,8-10,13-14,17H,2-4,6-7H2,1H3. The summed E-state index contributed by atoms with van der Waals surface area (Å²) in [6.07, 6.45) is 10.7. The third-order valence-corrected chi connectivity index (χ3v) is 3.98. The highest BCUT2D eigenvalue weighted by Gasteiger charge is 2.15. The molecule has 1 fully saturated rings. The second-order valence-electron chi connectivity index (χ2n) is 5.56. The summed E-state index contributed by atoms with van der Waals surface area (Å²) in [4.78, 5) is 4.34. The van der Waals surface area contributed by atoms with E-state index in [1.54, 1.807) is 0 Å². The fourth-order valence-corrected chi connectivity index (χ4v) is 2.85. The molecular weight excluding hydrogens is 244 g/mol. The van der Waals surface area contributed by atoms with E-state index >= 15 is 0 Å². The highest BCUT2D eigenvalue weighted by atomic mass is 15.0. The normalized spacial score (nSPS) is 15.7. The van der Waals surface area contributed by atoms with Gasteiger partial charge in [0, 0.05) is 18.4 Å². The lowest BCUT2D eigenvalue weighted by atomic mass is 9.95. The van der Waals surface area contributed by atoms with Crippen molar-refractivity contribution in [3.8, 4) is 11.8 Å². The maximum Gasteiger partial charge on any atom is 0.113 e. The van der Waals surface area contributed by atoms with E-state index in [0.29, 0.717) is 6.04 Å². The second-order valence-corrected chi connectivity index (χ2v) is 5.56. The van der Waals surface area contributed by atoms with Gasteiger partial charge in [0.25, 0.3) is 0 Å². The molecule has 0 saturated heterocycles. The molecule has 0 N–H and O–H groups in total. The van der Waals surface area contributed by atoms with Gasteiger partial charge in [0.1, 0.15) is 5.69 Å². The van der Waals surface area contributed by atoms with E-state index in [4.69, 9.17) is 0 Å². The van der Waals surface area contributed by atoms with Gasteiger partial charge in [-0.1, -0.05) is 25.3 Å². The summed E-state index contributed by atoms with van der Waals surface area (Å²) in [5, 5.41) is 0. The zero-order valence-electron chi connectivity index (χ0n) is 12.0. The average molecular weight is 264 g/mol. The number of aryl methyl sites for hydroxylation is 1. The molecule has 0 spiro atoms. The summed E-state index contributed by atoms with van der Waals surface area (Å²) < 4.78 is 2.35. The second kappa shape index (κ2) is 5.96. The van der Waals surface area contributed by atoms with Gasteiger partial charge in [-0.05, 0) is 55.4 Å². The molecule has 2 aromatic rings. The van der Waals surface area contributed by atoms with Gasteiger partial charge in [0.05, 0.1) is 5.69 Å². The first-order valence-corrected chi connectivity index (χ1v) is 7.44. The Balaban J connectivity index is 1.81. The monoisotopic (exact) mass is 264 g/mol. The van der Waals surface area contributed by atoms with Gasteiger partial charge in [-0.25, -0.2) is 4.98 Å². The van der Waals surface area contributed by atoms with Crippen LogP contribution in [0.3, 0.4) is 0 Å². The SMILES string of the molecule is Cc1ccc(C#Cc2cccn2C2CCCCC2)nc1. The van der Waals surface area contributed by atoms with Gasteiger partial charge in [0.2, 0.25) is 0 Å². The molecule has 0 radical (unpaired) electrons. The van der Waals surface area contributed by atoms with E-state index in [1.807, 2.05) is 19.2 Å². The smallest absolute Gasteiger partial charge is 0.113 e. The largest absolute Gasteiger partial charge is 0.338 e. The van der Waals surface area contributed by atoms with Crippen molar-refractivity contribution in [2.45, 2.75) is 45.1 Å². The number of hydrogen-bond acceptors (Lipinski definition) is 1. The van der Waals surface area contributed by atoms with Crippen molar-refractivity contribution in [1.29, 1.82) is 0 Å². The Morgan fingerprint density at radius 1 is 1.10 bits per heavy atom. The van der Waals surface area contributed by atoms with E-state index in [0.717, 1.165) is 11.4 Å². The molecule has 102 valence electrons. The Bertz CT molecular complexity index is 619. The van der Waals surface area contributed by atoms with Crippen molar-refractivity contribution < 1.29 is 0 Å². The van der Waals surface area contributed by atoms with Crippen LogP contribution in [0.15, 0.2) is 36.7 Å². The predicted octanol–water partition coefficient (Wildman–Crippen LogP) is 4.10. The van der Waals surface area contributed by atoms with Gasteiger partial charge in [-0.2, -0.15) is 0 Å². The third-order valence-electron chi connectivity index (χ3n) is 3.98. The molecule has 0 bridgehead atoms. The quantitative estimate of drug-likeness (QED) is 0.709. The van der Waals surface area contributed by atoms with Gasteiger partial charge >= 0.3 is 0 Å². The number of aromatic nitrogens is 2. The van der Waals surface area contributed by atoms with Crippen molar-refractivity contribution in [1.82, 2.24) is 9.55 Å². The summed E-state index contributed by atoms with van der Waals surface area (Å²) in [5.74, 6) is 6.45.